The summed E-state index contributed by atoms with van der Waals surface area (Å²) in [5, 5.41) is 8.73. The highest BCUT2D eigenvalue weighted by Gasteiger charge is 2.21. The lowest BCUT2D eigenvalue weighted by atomic mass is 10.1. The molecule has 1 nitrogen and oxygen atoms in total. The van der Waals surface area contributed by atoms with Crippen molar-refractivity contribution in [3.05, 3.63) is 11.6 Å². The third kappa shape index (κ3) is 3.06. The third-order valence-corrected chi connectivity index (χ3v) is 2.30. The van der Waals surface area contributed by atoms with Crippen LogP contribution >= 0.6 is 0 Å². The lowest BCUT2D eigenvalue weighted by molar-refractivity contribution is 0.282. The molecule has 1 rings (SSSR count). The second-order valence-corrected chi connectivity index (χ2v) is 3.34. The van der Waals surface area contributed by atoms with Gasteiger partial charge < -0.3 is 5.11 Å². The Labute approximate surface area is 69.1 Å². The second-order valence-electron chi connectivity index (χ2n) is 3.34. The molecule has 64 valence electrons. The van der Waals surface area contributed by atoms with Gasteiger partial charge in [-0.05, 0) is 12.8 Å². The summed E-state index contributed by atoms with van der Waals surface area (Å²) in [4.78, 5) is 0. The first kappa shape index (κ1) is 8.79. The molecule has 0 aromatic rings. The Morgan fingerprint density at radius 3 is 2.73 bits per heavy atom. The predicted molar refractivity (Wildman–Crippen MR) is 47.4 cm³/mol. The highest BCUT2D eigenvalue weighted by atomic mass is 16.3. The van der Waals surface area contributed by atoms with E-state index >= 15 is 0 Å². The highest BCUT2D eigenvalue weighted by Crippen LogP contribution is 2.32. The molecule has 1 aliphatic rings. The zero-order valence-corrected chi connectivity index (χ0v) is 7.34. The van der Waals surface area contributed by atoms with Gasteiger partial charge in [-0.3, -0.25) is 0 Å². The molecule has 0 bridgehead atoms. The maximum Gasteiger partial charge on any atom is 0.0531 e. The van der Waals surface area contributed by atoms with Crippen molar-refractivity contribution in [2.45, 2.75) is 39.0 Å². The Bertz CT molecular complexity index is 138. The molecule has 1 N–H and O–H groups in total. The van der Waals surface area contributed by atoms with Gasteiger partial charge in [-0.2, -0.15) is 0 Å². The summed E-state index contributed by atoms with van der Waals surface area (Å²) in [7, 11) is 0. The smallest absolute Gasteiger partial charge is 0.0531 e. The number of aliphatic hydroxyl groups is 1. The van der Waals surface area contributed by atoms with Gasteiger partial charge in [0, 0.05) is 5.92 Å². The molecule has 1 atom stereocenters. The standard InChI is InChI=1S/C10H18O/c1-2-3-4-5-6-9-7-10(9)8-11/h7,10-11H,2-6,8H2,1H3/t10-/m0/s1. The van der Waals surface area contributed by atoms with Crippen LogP contribution in [0.15, 0.2) is 11.6 Å². The van der Waals surface area contributed by atoms with E-state index in [9.17, 15) is 0 Å². The van der Waals surface area contributed by atoms with Crippen LogP contribution in [0.5, 0.6) is 0 Å². The summed E-state index contributed by atoms with van der Waals surface area (Å²) in [6, 6.07) is 0. The van der Waals surface area contributed by atoms with E-state index in [0.29, 0.717) is 12.5 Å². The lowest BCUT2D eigenvalue weighted by Crippen LogP contribution is -1.88. The molecule has 0 saturated carbocycles. The van der Waals surface area contributed by atoms with E-state index in [1.807, 2.05) is 0 Å². The summed E-state index contributed by atoms with van der Waals surface area (Å²) in [6.07, 6.45) is 8.75. The second kappa shape index (κ2) is 4.55. The summed E-state index contributed by atoms with van der Waals surface area (Å²) < 4.78 is 0. The molecule has 11 heavy (non-hydrogen) atoms. The Morgan fingerprint density at radius 2 is 2.18 bits per heavy atom. The summed E-state index contributed by atoms with van der Waals surface area (Å²) in [5.74, 6) is 0.469. The van der Waals surface area contributed by atoms with Crippen LogP contribution in [0.2, 0.25) is 0 Å². The van der Waals surface area contributed by atoms with Gasteiger partial charge in [0.25, 0.3) is 0 Å². The van der Waals surface area contributed by atoms with Crippen molar-refractivity contribution in [3.8, 4) is 0 Å². The fraction of sp³-hybridized carbons (Fsp3) is 0.800. The minimum Gasteiger partial charge on any atom is -0.395 e. The van der Waals surface area contributed by atoms with Crippen molar-refractivity contribution in [2.24, 2.45) is 5.92 Å². The zero-order chi connectivity index (χ0) is 8.10. The fourth-order valence-corrected chi connectivity index (χ4v) is 1.40. The van der Waals surface area contributed by atoms with Gasteiger partial charge in [0.05, 0.1) is 6.61 Å². The summed E-state index contributed by atoms with van der Waals surface area (Å²) in [5.41, 5.74) is 1.49. The number of aliphatic hydroxyl groups excluding tert-OH is 1. The normalized spacial score (nSPS) is 21.6. The number of unbranched alkanes of at least 4 members (excludes halogenated alkanes) is 3. The Balaban J connectivity index is 1.86. The molecule has 0 saturated heterocycles. The molecule has 0 aromatic carbocycles. The Kier molecular flexibility index (Phi) is 3.64. The zero-order valence-electron chi connectivity index (χ0n) is 7.34. The van der Waals surface area contributed by atoms with E-state index in [0.717, 1.165) is 0 Å². The fourth-order valence-electron chi connectivity index (χ4n) is 1.40. The first-order valence-electron chi connectivity index (χ1n) is 4.70. The number of hydrogen-bond acceptors (Lipinski definition) is 1. The van der Waals surface area contributed by atoms with Crippen LogP contribution < -0.4 is 0 Å². The van der Waals surface area contributed by atoms with Gasteiger partial charge in [0.2, 0.25) is 0 Å². The minimum absolute atomic E-state index is 0.336. The molecule has 0 heterocycles. The topological polar surface area (TPSA) is 20.2 Å². The van der Waals surface area contributed by atoms with E-state index in [1.165, 1.54) is 37.7 Å². The van der Waals surface area contributed by atoms with Gasteiger partial charge >= 0.3 is 0 Å². The molecule has 0 radical (unpaired) electrons. The maximum atomic E-state index is 8.73. The highest BCUT2D eigenvalue weighted by molar-refractivity contribution is 5.28. The average Bonchev–Trinajstić information content (AvgIpc) is 2.77. The van der Waals surface area contributed by atoms with Gasteiger partial charge in [-0.1, -0.05) is 37.8 Å². The van der Waals surface area contributed by atoms with E-state index < -0.39 is 0 Å². The number of hydrogen-bond donors (Lipinski definition) is 1. The van der Waals surface area contributed by atoms with E-state index in [2.05, 4.69) is 13.0 Å². The molecular formula is C10H18O. The Morgan fingerprint density at radius 1 is 1.36 bits per heavy atom. The molecule has 0 spiro atoms. The van der Waals surface area contributed by atoms with E-state index in [-0.39, 0.29) is 0 Å². The summed E-state index contributed by atoms with van der Waals surface area (Å²) in [6.45, 7) is 2.57. The minimum atomic E-state index is 0.336. The van der Waals surface area contributed by atoms with Crippen LogP contribution in [0.25, 0.3) is 0 Å². The average molecular weight is 154 g/mol. The monoisotopic (exact) mass is 154 g/mol. The van der Waals surface area contributed by atoms with Crippen LogP contribution in [0.1, 0.15) is 39.0 Å². The van der Waals surface area contributed by atoms with E-state index in [1.54, 1.807) is 0 Å². The molecule has 0 aliphatic heterocycles. The molecular weight excluding hydrogens is 136 g/mol. The first-order valence-corrected chi connectivity index (χ1v) is 4.70. The molecule has 0 amide bonds. The molecule has 0 unspecified atom stereocenters. The van der Waals surface area contributed by atoms with Crippen LogP contribution in [0, 0.1) is 5.92 Å². The van der Waals surface area contributed by atoms with Gasteiger partial charge in [-0.25, -0.2) is 0 Å². The first-order chi connectivity index (χ1) is 5.38. The van der Waals surface area contributed by atoms with Crippen LogP contribution in [-0.4, -0.2) is 11.7 Å². The van der Waals surface area contributed by atoms with Crippen molar-refractivity contribution in [3.63, 3.8) is 0 Å². The molecule has 0 aromatic heterocycles. The SMILES string of the molecule is CCCCCCC1=C[C@H]1CO. The predicted octanol–water partition coefficient (Wildman–Crippen LogP) is 2.51. The van der Waals surface area contributed by atoms with Crippen molar-refractivity contribution >= 4 is 0 Å². The largest absolute Gasteiger partial charge is 0.395 e. The van der Waals surface area contributed by atoms with Crippen LogP contribution in [0.3, 0.4) is 0 Å². The van der Waals surface area contributed by atoms with Crippen LogP contribution in [0.4, 0.5) is 0 Å². The maximum absolute atomic E-state index is 8.73. The van der Waals surface area contributed by atoms with Crippen molar-refractivity contribution < 1.29 is 5.11 Å². The number of rotatable bonds is 6. The molecule has 0 fully saturated rings. The quantitative estimate of drug-likeness (QED) is 0.460. The van der Waals surface area contributed by atoms with Crippen molar-refractivity contribution in [1.29, 1.82) is 0 Å². The van der Waals surface area contributed by atoms with Crippen LogP contribution in [-0.2, 0) is 0 Å². The van der Waals surface area contributed by atoms with Gasteiger partial charge in [0.15, 0.2) is 0 Å². The van der Waals surface area contributed by atoms with Crippen molar-refractivity contribution in [1.82, 2.24) is 0 Å². The Hall–Kier alpha value is -0.300. The molecule has 1 aliphatic carbocycles. The third-order valence-electron chi connectivity index (χ3n) is 2.30. The summed E-state index contributed by atoms with van der Waals surface area (Å²) >= 11 is 0. The molecule has 1 heteroatoms. The lowest BCUT2D eigenvalue weighted by Gasteiger charge is -1.96. The van der Waals surface area contributed by atoms with Gasteiger partial charge in [-0.15, -0.1) is 0 Å². The van der Waals surface area contributed by atoms with Crippen molar-refractivity contribution in [2.75, 3.05) is 6.61 Å². The van der Waals surface area contributed by atoms with E-state index in [4.69, 9.17) is 5.11 Å². The van der Waals surface area contributed by atoms with Gasteiger partial charge in [0.1, 0.15) is 0 Å².